The van der Waals surface area contributed by atoms with Crippen molar-refractivity contribution >= 4 is 23.4 Å². The second-order valence-corrected chi connectivity index (χ2v) is 4.72. The molecular weight excluding hydrogens is 250 g/mol. The van der Waals surface area contributed by atoms with Crippen LogP contribution in [0.25, 0.3) is 0 Å². The van der Waals surface area contributed by atoms with Gasteiger partial charge in [-0.1, -0.05) is 0 Å². The maximum Gasteiger partial charge on any atom is 0.511 e. The summed E-state index contributed by atoms with van der Waals surface area (Å²) in [6, 6.07) is 3.57. The summed E-state index contributed by atoms with van der Waals surface area (Å²) in [6.07, 6.45) is -1.50. The summed E-state index contributed by atoms with van der Waals surface area (Å²) in [5, 5.41) is 19.2. The molecule has 6 nitrogen and oxygen atoms in total. The third-order valence-corrected chi connectivity index (χ3v) is 2.22. The van der Waals surface area contributed by atoms with E-state index in [4.69, 9.17) is 16.7 Å². The number of rotatable bonds is 3. The lowest BCUT2D eigenvalue weighted by molar-refractivity contribution is -0.385. The van der Waals surface area contributed by atoms with Crippen LogP contribution in [0.2, 0.25) is 0 Å². The van der Waals surface area contributed by atoms with Gasteiger partial charge in [0.2, 0.25) is 0 Å². The first-order valence-corrected chi connectivity index (χ1v) is 4.98. The number of benzene rings is 1. The van der Waals surface area contributed by atoms with Crippen LogP contribution >= 0.6 is 11.6 Å². The number of hydrogen-bond donors (Lipinski definition) is 1. The molecule has 0 unspecified atom stereocenters. The lowest BCUT2D eigenvalue weighted by Gasteiger charge is -2.18. The summed E-state index contributed by atoms with van der Waals surface area (Å²) < 4.78 is 4.52. The Morgan fingerprint density at radius 3 is 2.53 bits per heavy atom. The molecule has 1 aromatic rings. The van der Waals surface area contributed by atoms with Gasteiger partial charge >= 0.3 is 6.16 Å². The number of non-ortho nitro benzene ring substituents is 1. The number of halogens is 1. The van der Waals surface area contributed by atoms with Gasteiger partial charge in [0, 0.05) is 17.7 Å². The zero-order chi connectivity index (χ0) is 13.2. The highest BCUT2D eigenvalue weighted by Crippen LogP contribution is 2.37. The maximum atomic E-state index is 10.6. The monoisotopic (exact) mass is 259 g/mol. The average molecular weight is 260 g/mol. The number of carbonyl (C=O) groups is 1. The Hall–Kier alpha value is -1.82. The summed E-state index contributed by atoms with van der Waals surface area (Å²) in [6.45, 7) is 3.17. The van der Waals surface area contributed by atoms with Crippen LogP contribution in [0, 0.1) is 10.1 Å². The van der Waals surface area contributed by atoms with Crippen LogP contribution in [0.3, 0.4) is 0 Å². The fourth-order valence-electron chi connectivity index (χ4n) is 1.28. The van der Waals surface area contributed by atoms with Gasteiger partial charge in [-0.25, -0.2) is 4.79 Å². The first-order valence-electron chi connectivity index (χ1n) is 4.60. The van der Waals surface area contributed by atoms with Gasteiger partial charge in [0.05, 0.1) is 9.80 Å². The zero-order valence-electron chi connectivity index (χ0n) is 9.14. The van der Waals surface area contributed by atoms with Crippen LogP contribution in [-0.4, -0.2) is 16.2 Å². The average Bonchev–Trinajstić information content (AvgIpc) is 2.15. The van der Waals surface area contributed by atoms with Crippen LogP contribution in [0.4, 0.5) is 10.5 Å². The van der Waals surface area contributed by atoms with E-state index in [1.165, 1.54) is 12.1 Å². The quantitative estimate of drug-likeness (QED) is 0.296. The van der Waals surface area contributed by atoms with Crippen molar-refractivity contribution in [3.8, 4) is 5.75 Å². The molecule has 0 aliphatic heterocycles. The van der Waals surface area contributed by atoms with Gasteiger partial charge in [0.15, 0.2) is 0 Å². The molecule has 0 aliphatic rings. The van der Waals surface area contributed by atoms with Gasteiger partial charge in [0.25, 0.3) is 5.69 Å². The Morgan fingerprint density at radius 2 is 2.12 bits per heavy atom. The predicted octanol–water partition coefficient (Wildman–Crippen LogP) is 3.13. The van der Waals surface area contributed by atoms with Crippen molar-refractivity contribution in [2.45, 2.75) is 18.7 Å². The van der Waals surface area contributed by atoms with Crippen molar-refractivity contribution in [2.75, 3.05) is 0 Å². The lowest BCUT2D eigenvalue weighted by Crippen LogP contribution is -2.13. The molecule has 17 heavy (non-hydrogen) atoms. The number of alkyl halides is 1. The smallest absolute Gasteiger partial charge is 0.449 e. The number of ether oxygens (including phenoxy) is 1. The third kappa shape index (κ3) is 3.32. The Kier molecular flexibility index (Phi) is 3.57. The van der Waals surface area contributed by atoms with Crippen LogP contribution < -0.4 is 4.74 Å². The molecule has 0 saturated carbocycles. The summed E-state index contributed by atoms with van der Waals surface area (Å²) in [5.74, 6) is -0.0110. The Labute approximate surface area is 102 Å². The predicted molar refractivity (Wildman–Crippen MR) is 60.6 cm³/mol. The van der Waals surface area contributed by atoms with Gasteiger partial charge in [0.1, 0.15) is 5.75 Å². The SMILES string of the molecule is CC(C)(Cl)c1cc([N+](=O)[O-])ccc1OC(=O)O. The molecule has 0 atom stereocenters. The van der Waals surface area contributed by atoms with E-state index in [-0.39, 0.29) is 17.0 Å². The van der Waals surface area contributed by atoms with E-state index in [0.717, 1.165) is 6.07 Å². The Bertz CT molecular complexity index is 466. The van der Waals surface area contributed by atoms with E-state index in [0.29, 0.717) is 0 Å². The Balaban J connectivity index is 3.31. The number of nitro benzene ring substituents is 1. The second kappa shape index (κ2) is 4.58. The van der Waals surface area contributed by atoms with E-state index in [1.807, 2.05) is 0 Å². The molecule has 0 radical (unpaired) electrons. The van der Waals surface area contributed by atoms with Gasteiger partial charge < -0.3 is 9.84 Å². The van der Waals surface area contributed by atoms with E-state index < -0.39 is 16.0 Å². The van der Waals surface area contributed by atoms with Gasteiger partial charge in [-0.3, -0.25) is 10.1 Å². The maximum absolute atomic E-state index is 10.6. The fourth-order valence-corrected chi connectivity index (χ4v) is 1.43. The molecule has 0 heterocycles. The largest absolute Gasteiger partial charge is 0.511 e. The van der Waals surface area contributed by atoms with Gasteiger partial charge in [-0.05, 0) is 19.9 Å². The van der Waals surface area contributed by atoms with E-state index >= 15 is 0 Å². The van der Waals surface area contributed by atoms with Crippen molar-refractivity contribution in [2.24, 2.45) is 0 Å². The molecule has 0 saturated heterocycles. The van der Waals surface area contributed by atoms with Crippen molar-refractivity contribution in [1.82, 2.24) is 0 Å². The minimum Gasteiger partial charge on any atom is -0.449 e. The van der Waals surface area contributed by atoms with Crippen molar-refractivity contribution in [3.05, 3.63) is 33.9 Å². The number of carboxylic acid groups (broad SMARTS) is 1. The number of nitrogens with zero attached hydrogens (tertiary/aromatic N) is 1. The van der Waals surface area contributed by atoms with Crippen molar-refractivity contribution in [3.63, 3.8) is 0 Å². The molecule has 7 heteroatoms. The molecular formula is C10H10ClNO5. The van der Waals surface area contributed by atoms with Crippen LogP contribution in [-0.2, 0) is 4.87 Å². The number of hydrogen-bond acceptors (Lipinski definition) is 4. The molecule has 1 rings (SSSR count). The van der Waals surface area contributed by atoms with Crippen LogP contribution in [0.15, 0.2) is 18.2 Å². The number of nitro groups is 1. The summed E-state index contributed by atoms with van der Waals surface area (Å²) in [7, 11) is 0. The lowest BCUT2D eigenvalue weighted by atomic mass is 10.0. The third-order valence-electron chi connectivity index (χ3n) is 2.01. The summed E-state index contributed by atoms with van der Waals surface area (Å²) in [5.41, 5.74) is 0.0715. The minimum atomic E-state index is -1.50. The fraction of sp³-hybridized carbons (Fsp3) is 0.300. The zero-order valence-corrected chi connectivity index (χ0v) is 9.89. The standard InChI is InChI=1S/C10H10ClNO5/c1-10(2,11)7-5-6(12(15)16)3-4-8(7)17-9(13)14/h3-5H,1-2H3,(H,13,14). The molecule has 0 bridgehead atoms. The van der Waals surface area contributed by atoms with Gasteiger partial charge in [-0.2, -0.15) is 0 Å². The molecule has 0 spiro atoms. The Morgan fingerprint density at radius 1 is 1.53 bits per heavy atom. The highest BCUT2D eigenvalue weighted by molar-refractivity contribution is 6.23. The van der Waals surface area contributed by atoms with Crippen molar-refractivity contribution in [1.29, 1.82) is 0 Å². The van der Waals surface area contributed by atoms with E-state index in [2.05, 4.69) is 4.74 Å². The molecule has 0 aromatic heterocycles. The second-order valence-electron chi connectivity index (χ2n) is 3.78. The first-order chi connectivity index (χ1) is 7.71. The molecule has 0 aliphatic carbocycles. The van der Waals surface area contributed by atoms with E-state index in [9.17, 15) is 14.9 Å². The normalized spacial score (nSPS) is 11.0. The molecule has 1 N–H and O–H groups in total. The summed E-state index contributed by atoms with van der Waals surface area (Å²) >= 11 is 6.03. The van der Waals surface area contributed by atoms with Crippen LogP contribution in [0.1, 0.15) is 19.4 Å². The summed E-state index contributed by atoms with van der Waals surface area (Å²) in [4.78, 5) is 19.5. The van der Waals surface area contributed by atoms with E-state index in [1.54, 1.807) is 13.8 Å². The molecule has 0 fully saturated rings. The van der Waals surface area contributed by atoms with Crippen LogP contribution in [0.5, 0.6) is 5.75 Å². The topological polar surface area (TPSA) is 89.7 Å². The highest BCUT2D eigenvalue weighted by atomic mass is 35.5. The van der Waals surface area contributed by atoms with Gasteiger partial charge in [-0.15, -0.1) is 11.6 Å². The molecule has 1 aromatic carbocycles. The van der Waals surface area contributed by atoms with Crippen molar-refractivity contribution < 1.29 is 19.6 Å². The highest BCUT2D eigenvalue weighted by Gasteiger charge is 2.25. The minimum absolute atomic E-state index is 0.0110. The molecule has 92 valence electrons. The molecule has 0 amide bonds. The first kappa shape index (κ1) is 13.2.